The molecule has 0 atom stereocenters. The summed E-state index contributed by atoms with van der Waals surface area (Å²) in [6.07, 6.45) is 11.0. The Morgan fingerprint density at radius 2 is 1.25 bits per heavy atom. The smallest absolute Gasteiger partial charge is 0.0253 e. The Kier molecular flexibility index (Phi) is 20.3. The Morgan fingerprint density at radius 1 is 0.694 bits per heavy atom. The first kappa shape index (κ1) is 34.3. The molecule has 0 bridgehead atoms. The molecule has 0 radical (unpaired) electrons. The van der Waals surface area contributed by atoms with Crippen LogP contribution in [0.2, 0.25) is 10.0 Å². The number of hydrogen-bond acceptors (Lipinski definition) is 0. The van der Waals surface area contributed by atoms with Crippen LogP contribution in [0.25, 0.3) is 11.1 Å². The van der Waals surface area contributed by atoms with Gasteiger partial charge in [0.15, 0.2) is 0 Å². The van der Waals surface area contributed by atoms with Gasteiger partial charge in [-0.15, -0.1) is 60.0 Å². The third-order valence-electron chi connectivity index (χ3n) is 4.56. The predicted octanol–water partition coefficient (Wildman–Crippen LogP) is 9.45. The zero-order chi connectivity index (χ0) is 24.4. The van der Waals surface area contributed by atoms with Crippen molar-refractivity contribution < 1.29 is 24.2 Å². The summed E-state index contributed by atoms with van der Waals surface area (Å²) in [6, 6.07) is 38.1. The van der Waals surface area contributed by atoms with Gasteiger partial charge in [0.2, 0.25) is 0 Å². The normalized spacial score (nSPS) is 10.4. The van der Waals surface area contributed by atoms with Gasteiger partial charge in [-0.25, -0.2) is 12.2 Å². The molecule has 186 valence electrons. The quantitative estimate of drug-likeness (QED) is 0.150. The summed E-state index contributed by atoms with van der Waals surface area (Å²) < 4.78 is 3.34. The standard InChI is InChI=1S/C13H9.2C6H4Cl.C5H5.CH2.2ClH.Zr/c1-3-7-12-10(5-1)9-11-6-2-4-8-13(11)12;2*7-6-4-2-1-3-5-6;1-2-4-5-3-1;;;;/h1-5,7-8H,9H2;2*2-5H;1-3H,4H2;1H2;2*1H;/q4*-1;;;;. The Bertz CT molecular complexity index is 1070. The number of halogens is 4. The molecule has 0 N–H and O–H groups in total. The van der Waals surface area contributed by atoms with Crippen LogP contribution in [0.1, 0.15) is 17.5 Å². The van der Waals surface area contributed by atoms with E-state index in [9.17, 15) is 0 Å². The summed E-state index contributed by atoms with van der Waals surface area (Å²) in [5.41, 5.74) is 5.51. The van der Waals surface area contributed by atoms with Gasteiger partial charge in [0.25, 0.3) is 0 Å². The van der Waals surface area contributed by atoms with E-state index in [1.165, 1.54) is 46.5 Å². The molecule has 6 rings (SSSR count). The maximum atomic E-state index is 5.52. The molecule has 0 saturated heterocycles. The molecule has 0 unspecified atom stereocenters. The van der Waals surface area contributed by atoms with Gasteiger partial charge < -0.3 is 0 Å². The van der Waals surface area contributed by atoms with E-state index >= 15 is 0 Å². The summed E-state index contributed by atoms with van der Waals surface area (Å²) in [5.74, 6) is 0. The van der Waals surface area contributed by atoms with Crippen molar-refractivity contribution in [2.24, 2.45) is 0 Å². The maximum Gasteiger partial charge on any atom is -0.0253 e. The summed E-state index contributed by atoms with van der Waals surface area (Å²) >= 11 is 12.3. The van der Waals surface area contributed by atoms with E-state index in [2.05, 4.69) is 71.0 Å². The zero-order valence-electron chi connectivity index (χ0n) is 19.6. The van der Waals surface area contributed by atoms with Gasteiger partial charge >= 0.3 is 28.4 Å². The molecule has 36 heavy (non-hydrogen) atoms. The van der Waals surface area contributed by atoms with Crippen LogP contribution < -0.4 is 0 Å². The van der Waals surface area contributed by atoms with Crippen molar-refractivity contribution in [2.75, 3.05) is 0 Å². The third kappa shape index (κ3) is 13.0. The van der Waals surface area contributed by atoms with E-state index < -0.39 is 0 Å². The number of benzene rings is 4. The first-order valence-electron chi connectivity index (χ1n) is 10.6. The molecule has 2 aliphatic rings. The second-order valence-electron chi connectivity index (χ2n) is 6.84. The van der Waals surface area contributed by atoms with Crippen molar-refractivity contribution in [2.45, 2.75) is 12.8 Å². The Labute approximate surface area is 253 Å². The number of hydrogen-bond donors (Lipinski definition) is 0. The molecular weight excluding hydrogens is 605 g/mol. The van der Waals surface area contributed by atoms with Gasteiger partial charge in [-0.1, -0.05) is 45.4 Å². The second-order valence-corrected chi connectivity index (χ2v) is 7.71. The Hall–Kier alpha value is -1.73. The van der Waals surface area contributed by atoms with Crippen LogP contribution in [0, 0.1) is 24.3 Å². The molecule has 0 aliphatic heterocycles. The molecule has 4 aromatic rings. The predicted molar refractivity (Wildman–Crippen MR) is 157 cm³/mol. The summed E-state index contributed by atoms with van der Waals surface area (Å²) in [7, 11) is 0. The molecule has 0 fully saturated rings. The minimum Gasteiger partial charge on any atom is -0.179 e. The fourth-order valence-corrected chi connectivity index (χ4v) is 3.32. The average molecular weight is 632 g/mol. The van der Waals surface area contributed by atoms with E-state index in [1.807, 2.05) is 18.2 Å². The minimum absolute atomic E-state index is 0. The van der Waals surface area contributed by atoms with Crippen molar-refractivity contribution >= 4 is 52.2 Å². The molecule has 5 heteroatoms. The van der Waals surface area contributed by atoms with Gasteiger partial charge in [-0.2, -0.15) is 96.6 Å². The Morgan fingerprint density at radius 3 is 1.69 bits per heavy atom. The topological polar surface area (TPSA) is 0 Å². The number of allylic oxidation sites excluding steroid dienone is 4. The van der Waals surface area contributed by atoms with Crippen LogP contribution in [0.15, 0.2) is 109 Å². The molecule has 2 aliphatic carbocycles. The molecular formula is C31H26Cl4Zr-4. The van der Waals surface area contributed by atoms with Crippen LogP contribution in [-0.4, -0.2) is 4.21 Å². The molecule has 0 saturated carbocycles. The molecule has 0 spiro atoms. The van der Waals surface area contributed by atoms with Crippen LogP contribution in [-0.2, 0) is 30.7 Å². The monoisotopic (exact) mass is 628 g/mol. The van der Waals surface area contributed by atoms with Gasteiger partial charge in [0, 0.05) is 0 Å². The SMILES string of the molecule is Cl.Cl.Clc1cc[c-]cc1.Clc1cc[c-]cc1.[C-]1=CC=CC1.[CH2]=[Zr].[c-]1cccc2c1Cc1ccccc1-2. The summed E-state index contributed by atoms with van der Waals surface area (Å²) in [5, 5.41) is 1.53. The van der Waals surface area contributed by atoms with Crippen LogP contribution in [0.4, 0.5) is 0 Å². The van der Waals surface area contributed by atoms with Gasteiger partial charge in [-0.05, 0) is 6.42 Å². The third-order valence-corrected chi connectivity index (χ3v) is 5.06. The van der Waals surface area contributed by atoms with Crippen LogP contribution in [0.3, 0.4) is 0 Å². The van der Waals surface area contributed by atoms with Crippen LogP contribution >= 0.6 is 48.0 Å². The average Bonchev–Trinajstić information content (AvgIpc) is 3.59. The molecule has 0 aromatic heterocycles. The maximum absolute atomic E-state index is 5.52. The van der Waals surface area contributed by atoms with Gasteiger partial charge in [0.1, 0.15) is 0 Å². The van der Waals surface area contributed by atoms with E-state index in [0.717, 1.165) is 22.9 Å². The largest absolute Gasteiger partial charge is 0.179 e. The van der Waals surface area contributed by atoms with E-state index in [0.29, 0.717) is 0 Å². The van der Waals surface area contributed by atoms with Crippen molar-refractivity contribution in [3.05, 3.63) is 155 Å². The van der Waals surface area contributed by atoms with Gasteiger partial charge in [0.05, 0.1) is 0 Å². The molecule has 4 aromatic carbocycles. The van der Waals surface area contributed by atoms with E-state index in [1.54, 1.807) is 48.5 Å². The molecule has 0 nitrogen and oxygen atoms in total. The molecule has 0 heterocycles. The summed E-state index contributed by atoms with van der Waals surface area (Å²) in [4.78, 5) is 0. The first-order valence-corrected chi connectivity index (χ1v) is 13.1. The Balaban J connectivity index is 0.000000464. The van der Waals surface area contributed by atoms with Crippen molar-refractivity contribution in [1.82, 2.24) is 0 Å². The van der Waals surface area contributed by atoms with Crippen LogP contribution in [0.5, 0.6) is 0 Å². The molecule has 0 amide bonds. The van der Waals surface area contributed by atoms with Crippen molar-refractivity contribution in [3.8, 4) is 11.1 Å². The fourth-order valence-electron chi connectivity index (χ4n) is 3.07. The number of rotatable bonds is 0. The van der Waals surface area contributed by atoms with Gasteiger partial charge in [-0.3, -0.25) is 6.08 Å². The fraction of sp³-hybridized carbons (Fsp3) is 0.0645. The summed E-state index contributed by atoms with van der Waals surface area (Å²) in [6.45, 7) is 0. The minimum atomic E-state index is 0. The van der Waals surface area contributed by atoms with Crippen molar-refractivity contribution in [3.63, 3.8) is 0 Å². The zero-order valence-corrected chi connectivity index (χ0v) is 25.2. The second kappa shape index (κ2) is 21.4. The van der Waals surface area contributed by atoms with Crippen molar-refractivity contribution in [1.29, 1.82) is 0 Å². The number of fused-ring (bicyclic) bond motifs is 3. The van der Waals surface area contributed by atoms with E-state index in [4.69, 9.17) is 23.2 Å². The first-order chi connectivity index (χ1) is 16.7. The van der Waals surface area contributed by atoms with E-state index in [-0.39, 0.29) is 24.8 Å².